The van der Waals surface area contributed by atoms with E-state index in [0.717, 1.165) is 28.5 Å². The summed E-state index contributed by atoms with van der Waals surface area (Å²) >= 11 is 5.82. The third kappa shape index (κ3) is 2.72. The van der Waals surface area contributed by atoms with Gasteiger partial charge in [0.25, 0.3) is 0 Å². The van der Waals surface area contributed by atoms with Gasteiger partial charge in [0.05, 0.1) is 12.7 Å². The second kappa shape index (κ2) is 6.24. The largest absolute Gasteiger partial charge is 0.465 e. The molecular formula is C18H16ClNO2. The van der Waals surface area contributed by atoms with Crippen molar-refractivity contribution in [2.75, 3.05) is 7.11 Å². The van der Waals surface area contributed by atoms with E-state index < -0.39 is 0 Å². The number of halogens is 1. The SMILES string of the molecule is COC(=O)c1cccc2[nH]cc(Cc3ccc(CCl)cc3)c12. The highest BCUT2D eigenvalue weighted by atomic mass is 35.5. The maximum absolute atomic E-state index is 12.0. The predicted molar refractivity (Wildman–Crippen MR) is 88.4 cm³/mol. The molecular weight excluding hydrogens is 298 g/mol. The van der Waals surface area contributed by atoms with Crippen LogP contribution >= 0.6 is 11.6 Å². The van der Waals surface area contributed by atoms with Crippen molar-refractivity contribution in [3.8, 4) is 0 Å². The lowest BCUT2D eigenvalue weighted by Crippen LogP contribution is -2.02. The molecule has 0 saturated heterocycles. The molecule has 1 heterocycles. The van der Waals surface area contributed by atoms with Gasteiger partial charge in [-0.2, -0.15) is 0 Å². The zero-order chi connectivity index (χ0) is 15.5. The molecule has 2 aromatic carbocycles. The first kappa shape index (κ1) is 14.7. The molecule has 0 aliphatic carbocycles. The number of carbonyl (C=O) groups excluding carboxylic acids is 1. The Balaban J connectivity index is 2.01. The summed E-state index contributed by atoms with van der Waals surface area (Å²) in [5, 5.41) is 0.927. The average molecular weight is 314 g/mol. The summed E-state index contributed by atoms with van der Waals surface area (Å²) in [5.74, 6) is 0.198. The zero-order valence-electron chi connectivity index (χ0n) is 12.2. The number of rotatable bonds is 4. The molecule has 1 N–H and O–H groups in total. The van der Waals surface area contributed by atoms with Crippen molar-refractivity contribution in [2.45, 2.75) is 12.3 Å². The number of methoxy groups -OCH3 is 1. The van der Waals surface area contributed by atoms with Gasteiger partial charge in [-0.25, -0.2) is 4.79 Å². The number of fused-ring (bicyclic) bond motifs is 1. The highest BCUT2D eigenvalue weighted by molar-refractivity contribution is 6.17. The topological polar surface area (TPSA) is 42.1 Å². The number of alkyl halides is 1. The molecule has 4 heteroatoms. The highest BCUT2D eigenvalue weighted by Gasteiger charge is 2.14. The molecule has 0 bridgehead atoms. The Labute approximate surface area is 133 Å². The van der Waals surface area contributed by atoms with E-state index in [2.05, 4.69) is 17.1 Å². The second-order valence-corrected chi connectivity index (χ2v) is 5.43. The first-order valence-electron chi connectivity index (χ1n) is 7.04. The highest BCUT2D eigenvalue weighted by Crippen LogP contribution is 2.25. The number of hydrogen-bond donors (Lipinski definition) is 1. The molecule has 0 saturated carbocycles. The smallest absolute Gasteiger partial charge is 0.338 e. The van der Waals surface area contributed by atoms with Crippen molar-refractivity contribution >= 4 is 28.5 Å². The monoisotopic (exact) mass is 313 g/mol. The Morgan fingerprint density at radius 2 is 1.86 bits per heavy atom. The minimum Gasteiger partial charge on any atom is -0.465 e. The molecule has 0 aliphatic rings. The molecule has 0 amide bonds. The fourth-order valence-corrected chi connectivity index (χ4v) is 2.82. The van der Waals surface area contributed by atoms with Gasteiger partial charge in [0.1, 0.15) is 0 Å². The number of aromatic nitrogens is 1. The van der Waals surface area contributed by atoms with E-state index in [4.69, 9.17) is 16.3 Å². The normalized spacial score (nSPS) is 10.8. The molecule has 1 aromatic heterocycles. The van der Waals surface area contributed by atoms with Gasteiger partial charge in [-0.15, -0.1) is 11.6 Å². The average Bonchev–Trinajstić information content (AvgIpc) is 2.98. The Bertz CT molecular complexity index is 806. The van der Waals surface area contributed by atoms with Crippen molar-refractivity contribution < 1.29 is 9.53 Å². The summed E-state index contributed by atoms with van der Waals surface area (Å²) in [7, 11) is 1.40. The van der Waals surface area contributed by atoms with Gasteiger partial charge >= 0.3 is 5.97 Å². The molecule has 3 aromatic rings. The number of ether oxygens (including phenoxy) is 1. The van der Waals surface area contributed by atoms with Gasteiger partial charge in [0.15, 0.2) is 0 Å². The zero-order valence-corrected chi connectivity index (χ0v) is 13.0. The maximum Gasteiger partial charge on any atom is 0.338 e. The van der Waals surface area contributed by atoms with Gasteiger partial charge in [-0.1, -0.05) is 30.3 Å². The second-order valence-electron chi connectivity index (χ2n) is 5.16. The van der Waals surface area contributed by atoms with Crippen LogP contribution in [0.1, 0.15) is 27.0 Å². The number of benzene rings is 2. The first-order chi connectivity index (χ1) is 10.7. The Morgan fingerprint density at radius 1 is 1.14 bits per heavy atom. The molecule has 3 rings (SSSR count). The lowest BCUT2D eigenvalue weighted by Gasteiger charge is -2.05. The van der Waals surface area contributed by atoms with Crippen LogP contribution in [0.25, 0.3) is 10.9 Å². The van der Waals surface area contributed by atoms with Gasteiger partial charge in [-0.05, 0) is 35.2 Å². The van der Waals surface area contributed by atoms with Crippen LogP contribution in [0.4, 0.5) is 0 Å². The van der Waals surface area contributed by atoms with Crippen LogP contribution < -0.4 is 0 Å². The van der Waals surface area contributed by atoms with Crippen molar-refractivity contribution in [3.05, 3.63) is 70.9 Å². The summed E-state index contributed by atoms with van der Waals surface area (Å²) in [6, 6.07) is 13.8. The van der Waals surface area contributed by atoms with Crippen molar-refractivity contribution in [1.82, 2.24) is 4.98 Å². The molecule has 112 valence electrons. The van der Waals surface area contributed by atoms with E-state index in [1.165, 1.54) is 12.7 Å². The summed E-state index contributed by atoms with van der Waals surface area (Å²) < 4.78 is 4.88. The van der Waals surface area contributed by atoms with Crippen LogP contribution in [-0.2, 0) is 17.0 Å². The summed E-state index contributed by atoms with van der Waals surface area (Å²) in [6.07, 6.45) is 2.70. The summed E-state index contributed by atoms with van der Waals surface area (Å²) in [6.45, 7) is 0. The maximum atomic E-state index is 12.0. The van der Waals surface area contributed by atoms with E-state index in [1.54, 1.807) is 6.07 Å². The van der Waals surface area contributed by atoms with E-state index in [1.807, 2.05) is 30.5 Å². The minimum atomic E-state index is -0.316. The van der Waals surface area contributed by atoms with E-state index in [9.17, 15) is 4.79 Å². The predicted octanol–water partition coefficient (Wildman–Crippen LogP) is 4.28. The number of esters is 1. The molecule has 3 nitrogen and oxygen atoms in total. The number of aromatic amines is 1. The Hall–Kier alpha value is -2.26. The van der Waals surface area contributed by atoms with E-state index >= 15 is 0 Å². The quantitative estimate of drug-likeness (QED) is 0.577. The molecule has 0 atom stereocenters. The van der Waals surface area contributed by atoms with Crippen molar-refractivity contribution in [1.29, 1.82) is 0 Å². The molecule has 0 spiro atoms. The molecule has 0 fully saturated rings. The molecule has 22 heavy (non-hydrogen) atoms. The minimum absolute atomic E-state index is 0.316. The molecule has 0 radical (unpaired) electrons. The van der Waals surface area contributed by atoms with E-state index in [0.29, 0.717) is 11.4 Å². The standard InChI is InChI=1S/C18H16ClNO2/c1-22-18(21)15-3-2-4-16-17(15)14(11-20-16)9-12-5-7-13(10-19)8-6-12/h2-8,11,20H,9-10H2,1H3. The van der Waals surface area contributed by atoms with Gasteiger partial charge < -0.3 is 9.72 Å². The number of hydrogen-bond acceptors (Lipinski definition) is 2. The third-order valence-electron chi connectivity index (χ3n) is 3.76. The molecule has 0 aliphatic heterocycles. The lowest BCUT2D eigenvalue weighted by molar-refractivity contribution is 0.0603. The van der Waals surface area contributed by atoms with Gasteiger partial charge in [0, 0.05) is 23.0 Å². The number of H-pyrrole nitrogens is 1. The van der Waals surface area contributed by atoms with Crippen molar-refractivity contribution in [3.63, 3.8) is 0 Å². The van der Waals surface area contributed by atoms with Crippen LogP contribution in [0, 0.1) is 0 Å². The fraction of sp³-hybridized carbons (Fsp3) is 0.167. The lowest BCUT2D eigenvalue weighted by atomic mass is 10.00. The van der Waals surface area contributed by atoms with Crippen LogP contribution in [0.15, 0.2) is 48.7 Å². The first-order valence-corrected chi connectivity index (χ1v) is 7.57. The third-order valence-corrected chi connectivity index (χ3v) is 4.07. The van der Waals surface area contributed by atoms with Crippen LogP contribution in [0.5, 0.6) is 0 Å². The van der Waals surface area contributed by atoms with Crippen molar-refractivity contribution in [2.24, 2.45) is 0 Å². The van der Waals surface area contributed by atoms with Gasteiger partial charge in [0.2, 0.25) is 0 Å². The molecule has 0 unspecified atom stereocenters. The van der Waals surface area contributed by atoms with Crippen LogP contribution in [0.2, 0.25) is 0 Å². The summed E-state index contributed by atoms with van der Waals surface area (Å²) in [5.41, 5.74) is 4.88. The Kier molecular flexibility index (Phi) is 4.16. The number of carbonyl (C=O) groups is 1. The van der Waals surface area contributed by atoms with E-state index in [-0.39, 0.29) is 5.97 Å². The Morgan fingerprint density at radius 3 is 2.55 bits per heavy atom. The van der Waals surface area contributed by atoms with Crippen LogP contribution in [0.3, 0.4) is 0 Å². The van der Waals surface area contributed by atoms with Crippen LogP contribution in [-0.4, -0.2) is 18.1 Å². The number of nitrogens with one attached hydrogen (secondary N) is 1. The fourth-order valence-electron chi connectivity index (χ4n) is 2.64. The van der Waals surface area contributed by atoms with Gasteiger partial charge in [-0.3, -0.25) is 0 Å². The summed E-state index contributed by atoms with van der Waals surface area (Å²) in [4.78, 5) is 15.2.